The Bertz CT molecular complexity index is 679. The first kappa shape index (κ1) is 15.3. The van der Waals surface area contributed by atoms with Gasteiger partial charge in [-0.2, -0.15) is 0 Å². The van der Waals surface area contributed by atoms with E-state index in [1.165, 1.54) is 0 Å². The molecule has 0 aliphatic carbocycles. The first-order valence-corrected chi connectivity index (χ1v) is 7.22. The van der Waals surface area contributed by atoms with Gasteiger partial charge in [-0.3, -0.25) is 4.79 Å². The Kier molecular flexibility index (Phi) is 4.80. The van der Waals surface area contributed by atoms with E-state index in [0.29, 0.717) is 24.2 Å². The minimum atomic E-state index is -1.09. The maximum Gasteiger partial charge on any atom is 0.354 e. The summed E-state index contributed by atoms with van der Waals surface area (Å²) in [5.41, 5.74) is 2.04. The van der Waals surface area contributed by atoms with Crippen LogP contribution >= 0.6 is 15.9 Å². The number of aryl methyl sites for hydroxylation is 2. The lowest BCUT2D eigenvalue weighted by atomic mass is 10.1. The lowest BCUT2D eigenvalue weighted by Gasteiger charge is -2.05. The van der Waals surface area contributed by atoms with Gasteiger partial charge in [-0.15, -0.1) is 0 Å². The molecule has 1 aromatic carbocycles. The molecule has 1 aromatic heterocycles. The predicted molar refractivity (Wildman–Crippen MR) is 83.6 cm³/mol. The van der Waals surface area contributed by atoms with Crippen LogP contribution in [-0.4, -0.2) is 22.0 Å². The lowest BCUT2D eigenvalue weighted by molar-refractivity contribution is -0.116. The van der Waals surface area contributed by atoms with Crippen LogP contribution in [0.15, 0.2) is 34.8 Å². The van der Waals surface area contributed by atoms with Crippen molar-refractivity contribution < 1.29 is 14.7 Å². The summed E-state index contributed by atoms with van der Waals surface area (Å²) >= 11 is 3.38. The average molecular weight is 351 g/mol. The third-order valence-electron chi connectivity index (χ3n) is 2.97. The standard InChI is InChI=1S/C15H15BrN2O3/c1-9-7-12(14(17-9)15(20)21)18-13(19)6-5-10-3-2-4-11(16)8-10/h2-4,7-8,17H,5-6H2,1H3,(H,18,19)(H,20,21). The number of aromatic carboxylic acids is 1. The summed E-state index contributed by atoms with van der Waals surface area (Å²) in [5, 5.41) is 11.7. The van der Waals surface area contributed by atoms with Crippen LogP contribution in [0.3, 0.4) is 0 Å². The zero-order chi connectivity index (χ0) is 15.4. The molecule has 6 heteroatoms. The molecule has 0 unspecified atom stereocenters. The lowest BCUT2D eigenvalue weighted by Crippen LogP contribution is -2.14. The van der Waals surface area contributed by atoms with Crippen LogP contribution in [0.4, 0.5) is 5.69 Å². The number of hydrogen-bond donors (Lipinski definition) is 3. The molecule has 1 heterocycles. The van der Waals surface area contributed by atoms with Crippen molar-refractivity contribution in [1.29, 1.82) is 0 Å². The van der Waals surface area contributed by atoms with E-state index < -0.39 is 5.97 Å². The van der Waals surface area contributed by atoms with Gasteiger partial charge in [0.1, 0.15) is 5.69 Å². The summed E-state index contributed by atoms with van der Waals surface area (Å²) in [7, 11) is 0. The molecule has 21 heavy (non-hydrogen) atoms. The SMILES string of the molecule is Cc1cc(NC(=O)CCc2cccc(Br)c2)c(C(=O)O)[nH]1. The number of nitrogens with one attached hydrogen (secondary N) is 2. The van der Waals surface area contributed by atoms with Gasteiger partial charge in [0.05, 0.1) is 5.69 Å². The molecule has 3 N–H and O–H groups in total. The number of carboxylic acid groups (broad SMARTS) is 1. The van der Waals surface area contributed by atoms with E-state index in [1.807, 2.05) is 24.3 Å². The van der Waals surface area contributed by atoms with E-state index in [2.05, 4.69) is 26.2 Å². The summed E-state index contributed by atoms with van der Waals surface area (Å²) in [6.45, 7) is 1.74. The van der Waals surface area contributed by atoms with E-state index >= 15 is 0 Å². The van der Waals surface area contributed by atoms with Gasteiger partial charge >= 0.3 is 5.97 Å². The number of carbonyl (C=O) groups is 2. The number of hydrogen-bond acceptors (Lipinski definition) is 2. The normalized spacial score (nSPS) is 10.4. The van der Waals surface area contributed by atoms with Gasteiger partial charge in [-0.1, -0.05) is 28.1 Å². The molecule has 0 atom stereocenters. The van der Waals surface area contributed by atoms with Gasteiger partial charge in [-0.05, 0) is 37.1 Å². The van der Waals surface area contributed by atoms with Crippen LogP contribution in [0, 0.1) is 6.92 Å². The minimum absolute atomic E-state index is 0.00306. The Balaban J connectivity index is 1.97. The van der Waals surface area contributed by atoms with E-state index in [4.69, 9.17) is 5.11 Å². The zero-order valence-corrected chi connectivity index (χ0v) is 13.0. The maximum absolute atomic E-state index is 11.9. The fraction of sp³-hybridized carbons (Fsp3) is 0.200. The van der Waals surface area contributed by atoms with Crippen molar-refractivity contribution in [3.8, 4) is 0 Å². The van der Waals surface area contributed by atoms with Crippen molar-refractivity contribution in [1.82, 2.24) is 4.98 Å². The summed E-state index contributed by atoms with van der Waals surface area (Å²) < 4.78 is 0.967. The van der Waals surface area contributed by atoms with Crippen LogP contribution in [0.5, 0.6) is 0 Å². The predicted octanol–water partition coefficient (Wildman–Crippen LogP) is 3.36. The third kappa shape index (κ3) is 4.19. The number of amides is 1. The van der Waals surface area contributed by atoms with Gasteiger partial charge in [0, 0.05) is 16.6 Å². The molecular formula is C15H15BrN2O3. The Morgan fingerprint density at radius 2 is 2.10 bits per heavy atom. The molecule has 0 bridgehead atoms. The van der Waals surface area contributed by atoms with Crippen molar-refractivity contribution in [3.05, 3.63) is 51.8 Å². The number of carboxylic acids is 1. The summed E-state index contributed by atoms with van der Waals surface area (Å²) in [6.07, 6.45) is 0.886. The number of rotatable bonds is 5. The first-order valence-electron chi connectivity index (χ1n) is 6.43. The largest absolute Gasteiger partial charge is 0.477 e. The zero-order valence-electron chi connectivity index (χ0n) is 11.4. The Labute approximate surface area is 130 Å². The molecule has 5 nitrogen and oxygen atoms in total. The number of H-pyrrole nitrogens is 1. The van der Waals surface area contributed by atoms with Crippen molar-refractivity contribution in [2.75, 3.05) is 5.32 Å². The van der Waals surface area contributed by atoms with Crippen molar-refractivity contribution >= 4 is 33.5 Å². The van der Waals surface area contributed by atoms with E-state index in [-0.39, 0.29) is 11.6 Å². The average Bonchev–Trinajstić information content (AvgIpc) is 2.77. The Morgan fingerprint density at radius 1 is 1.33 bits per heavy atom. The van der Waals surface area contributed by atoms with Gasteiger partial charge < -0.3 is 15.4 Å². The molecule has 0 radical (unpaired) electrons. The maximum atomic E-state index is 11.9. The first-order chi connectivity index (χ1) is 9.95. The molecule has 0 saturated heterocycles. The topological polar surface area (TPSA) is 82.2 Å². The van der Waals surface area contributed by atoms with Gasteiger partial charge in [0.25, 0.3) is 0 Å². The monoisotopic (exact) mass is 350 g/mol. The highest BCUT2D eigenvalue weighted by molar-refractivity contribution is 9.10. The van der Waals surface area contributed by atoms with Gasteiger partial charge in [0.15, 0.2) is 0 Å². The summed E-state index contributed by atoms with van der Waals surface area (Å²) in [6, 6.07) is 9.35. The second-order valence-corrected chi connectivity index (χ2v) is 5.64. The second kappa shape index (κ2) is 6.58. The van der Waals surface area contributed by atoms with E-state index in [9.17, 15) is 9.59 Å². The highest BCUT2D eigenvalue weighted by Gasteiger charge is 2.15. The fourth-order valence-electron chi connectivity index (χ4n) is 2.02. The smallest absolute Gasteiger partial charge is 0.354 e. The molecule has 0 aliphatic heterocycles. The highest BCUT2D eigenvalue weighted by Crippen LogP contribution is 2.18. The van der Waals surface area contributed by atoms with Crippen LogP contribution in [0.1, 0.15) is 28.2 Å². The number of halogens is 1. The van der Waals surface area contributed by atoms with E-state index in [0.717, 1.165) is 10.0 Å². The summed E-state index contributed by atoms with van der Waals surface area (Å²) in [5.74, 6) is -1.30. The van der Waals surface area contributed by atoms with Crippen molar-refractivity contribution in [2.45, 2.75) is 19.8 Å². The highest BCUT2D eigenvalue weighted by atomic mass is 79.9. The quantitative estimate of drug-likeness (QED) is 0.773. The number of carbonyl (C=O) groups excluding carboxylic acids is 1. The van der Waals surface area contributed by atoms with E-state index in [1.54, 1.807) is 13.0 Å². The molecular weight excluding hydrogens is 336 g/mol. The van der Waals surface area contributed by atoms with Crippen molar-refractivity contribution in [3.63, 3.8) is 0 Å². The number of benzene rings is 1. The molecule has 1 amide bonds. The third-order valence-corrected chi connectivity index (χ3v) is 3.46. The van der Waals surface area contributed by atoms with Crippen LogP contribution < -0.4 is 5.32 Å². The second-order valence-electron chi connectivity index (χ2n) is 4.72. The van der Waals surface area contributed by atoms with Crippen LogP contribution in [-0.2, 0) is 11.2 Å². The van der Waals surface area contributed by atoms with Gasteiger partial charge in [0.2, 0.25) is 5.91 Å². The molecule has 0 fully saturated rings. The number of aromatic amines is 1. The fourth-order valence-corrected chi connectivity index (χ4v) is 2.47. The summed E-state index contributed by atoms with van der Waals surface area (Å²) in [4.78, 5) is 25.7. The molecule has 0 saturated carbocycles. The van der Waals surface area contributed by atoms with Crippen LogP contribution in [0.25, 0.3) is 0 Å². The van der Waals surface area contributed by atoms with Crippen molar-refractivity contribution in [2.24, 2.45) is 0 Å². The van der Waals surface area contributed by atoms with Gasteiger partial charge in [-0.25, -0.2) is 4.79 Å². The Hall–Kier alpha value is -2.08. The molecule has 2 rings (SSSR count). The molecule has 0 spiro atoms. The molecule has 110 valence electrons. The van der Waals surface area contributed by atoms with Crippen LogP contribution in [0.2, 0.25) is 0 Å². The number of anilines is 1. The Morgan fingerprint density at radius 3 is 2.76 bits per heavy atom. The minimum Gasteiger partial charge on any atom is -0.477 e. The number of aromatic nitrogens is 1. The molecule has 2 aromatic rings. The molecule has 0 aliphatic rings.